The van der Waals surface area contributed by atoms with E-state index in [4.69, 9.17) is 0 Å². The molecule has 3 nitrogen and oxygen atoms in total. The molecule has 3 heterocycles. The SMILES string of the molecule is c1cnc2ccc(-c3ccc4ccc5c(-c6cc(-c7cccc8ncccc78)cc(-c7cccc8ncccc78)c6)ccc6ccc3c4c65)cc2c1. The zero-order valence-corrected chi connectivity index (χ0v) is 28.1. The van der Waals surface area contributed by atoms with Crippen LogP contribution in [0.4, 0.5) is 0 Å². The maximum absolute atomic E-state index is 4.69. The number of benzene rings is 8. The average molecular weight is 660 g/mol. The molecule has 0 saturated carbocycles. The lowest BCUT2D eigenvalue weighted by molar-refractivity contribution is 1.41. The number of aromatic nitrogens is 3. The average Bonchev–Trinajstić information content (AvgIpc) is 3.22. The fraction of sp³-hybridized carbons (Fsp3) is 0. The van der Waals surface area contributed by atoms with Crippen molar-refractivity contribution in [1.29, 1.82) is 0 Å². The molecule has 0 atom stereocenters. The topological polar surface area (TPSA) is 38.7 Å². The lowest BCUT2D eigenvalue weighted by Gasteiger charge is -2.18. The summed E-state index contributed by atoms with van der Waals surface area (Å²) in [5.74, 6) is 0. The van der Waals surface area contributed by atoms with Gasteiger partial charge in [-0.2, -0.15) is 0 Å². The van der Waals surface area contributed by atoms with E-state index in [0.717, 1.165) is 43.8 Å². The van der Waals surface area contributed by atoms with Crippen LogP contribution in [0.25, 0.3) is 110 Å². The van der Waals surface area contributed by atoms with Crippen molar-refractivity contribution in [3.05, 3.63) is 176 Å². The third-order valence-electron chi connectivity index (χ3n) is 10.7. The molecule has 0 aliphatic rings. The Labute approximate surface area is 299 Å². The Hall–Kier alpha value is -6.97. The molecule has 240 valence electrons. The number of rotatable bonds is 4. The summed E-state index contributed by atoms with van der Waals surface area (Å²) < 4.78 is 0. The van der Waals surface area contributed by atoms with Crippen LogP contribution in [0.15, 0.2) is 176 Å². The molecule has 0 fully saturated rings. The van der Waals surface area contributed by atoms with Crippen molar-refractivity contribution in [3.8, 4) is 44.5 Å². The van der Waals surface area contributed by atoms with Crippen LogP contribution in [0.2, 0.25) is 0 Å². The summed E-state index contributed by atoms with van der Waals surface area (Å²) in [4.78, 5) is 13.9. The minimum atomic E-state index is 0.988. The van der Waals surface area contributed by atoms with Gasteiger partial charge in [0.25, 0.3) is 0 Å². The smallest absolute Gasteiger partial charge is 0.0708 e. The van der Waals surface area contributed by atoms with Crippen LogP contribution in [-0.2, 0) is 0 Å². The van der Waals surface area contributed by atoms with Gasteiger partial charge in [-0.05, 0) is 137 Å². The van der Waals surface area contributed by atoms with E-state index >= 15 is 0 Å². The maximum Gasteiger partial charge on any atom is 0.0708 e. The zero-order chi connectivity index (χ0) is 34.2. The van der Waals surface area contributed by atoms with Crippen molar-refractivity contribution in [2.75, 3.05) is 0 Å². The van der Waals surface area contributed by atoms with Gasteiger partial charge in [-0.15, -0.1) is 0 Å². The van der Waals surface area contributed by atoms with Gasteiger partial charge in [-0.1, -0.05) is 97.1 Å². The number of hydrogen-bond donors (Lipinski definition) is 0. The first-order chi connectivity index (χ1) is 25.8. The van der Waals surface area contributed by atoms with Crippen molar-refractivity contribution in [1.82, 2.24) is 15.0 Å². The molecule has 0 aliphatic carbocycles. The predicted octanol–water partition coefficient (Wildman–Crippen LogP) is 12.9. The first-order valence-electron chi connectivity index (χ1n) is 17.7. The molecule has 0 N–H and O–H groups in total. The van der Waals surface area contributed by atoms with E-state index in [1.54, 1.807) is 0 Å². The minimum Gasteiger partial charge on any atom is -0.256 e. The molecule has 11 aromatic rings. The molecule has 0 spiro atoms. The second-order valence-electron chi connectivity index (χ2n) is 13.6. The van der Waals surface area contributed by atoms with E-state index < -0.39 is 0 Å². The van der Waals surface area contributed by atoms with E-state index in [2.05, 4.69) is 154 Å². The molecule has 3 aromatic heterocycles. The molecule has 8 aromatic carbocycles. The summed E-state index contributed by atoms with van der Waals surface area (Å²) in [5, 5.41) is 11.0. The standard InChI is InChI=1S/C49H29N3/c1-7-37(41-9-4-24-51-46(41)11-1)34-27-35(38-8-2-12-47-42(38)10-5-25-52-47)29-36(28-34)40-19-14-31-15-20-43-39(18-13-30-16-21-44(40)49(31)48(30)43)32-17-22-45-33(26-32)6-3-23-50-45/h1-29H. The van der Waals surface area contributed by atoms with Crippen molar-refractivity contribution >= 4 is 65.0 Å². The summed E-state index contributed by atoms with van der Waals surface area (Å²) in [6.45, 7) is 0. The molecule has 11 rings (SSSR count). The normalized spacial score (nSPS) is 11.8. The Balaban J connectivity index is 1.18. The molecule has 0 saturated heterocycles. The molecule has 52 heavy (non-hydrogen) atoms. The molecule has 0 unspecified atom stereocenters. The van der Waals surface area contributed by atoms with Crippen LogP contribution in [0.1, 0.15) is 0 Å². The predicted molar refractivity (Wildman–Crippen MR) is 218 cm³/mol. The quantitative estimate of drug-likeness (QED) is 0.177. The Morgan fingerprint density at radius 3 is 1.33 bits per heavy atom. The molecule has 0 bridgehead atoms. The molecule has 0 amide bonds. The van der Waals surface area contributed by atoms with Crippen molar-refractivity contribution in [2.45, 2.75) is 0 Å². The van der Waals surface area contributed by atoms with Gasteiger partial charge in [-0.25, -0.2) is 0 Å². The summed E-state index contributed by atoms with van der Waals surface area (Å²) >= 11 is 0. The van der Waals surface area contributed by atoms with Gasteiger partial charge < -0.3 is 0 Å². The summed E-state index contributed by atoms with van der Waals surface area (Å²) in [7, 11) is 0. The first kappa shape index (κ1) is 28.8. The second-order valence-corrected chi connectivity index (χ2v) is 13.6. The Bertz CT molecular complexity index is 3090. The van der Waals surface area contributed by atoms with Crippen LogP contribution in [0, 0.1) is 0 Å². The largest absolute Gasteiger partial charge is 0.256 e. The highest BCUT2D eigenvalue weighted by molar-refractivity contribution is 6.27. The van der Waals surface area contributed by atoms with Gasteiger partial charge in [-0.3, -0.25) is 15.0 Å². The van der Waals surface area contributed by atoms with Crippen LogP contribution in [-0.4, -0.2) is 15.0 Å². The van der Waals surface area contributed by atoms with Crippen LogP contribution in [0.3, 0.4) is 0 Å². The minimum absolute atomic E-state index is 0.988. The molecule has 0 aliphatic heterocycles. The van der Waals surface area contributed by atoms with Gasteiger partial charge in [0.2, 0.25) is 0 Å². The molecular formula is C49H29N3. The fourth-order valence-electron chi connectivity index (χ4n) is 8.35. The number of pyridine rings is 3. The summed E-state index contributed by atoms with van der Waals surface area (Å²) in [5.41, 5.74) is 12.5. The monoisotopic (exact) mass is 659 g/mol. The van der Waals surface area contributed by atoms with Gasteiger partial charge in [0, 0.05) is 34.7 Å². The van der Waals surface area contributed by atoms with Gasteiger partial charge in [0.1, 0.15) is 0 Å². The number of nitrogens with zero attached hydrogens (tertiary/aromatic N) is 3. The van der Waals surface area contributed by atoms with Crippen LogP contribution >= 0.6 is 0 Å². The third kappa shape index (κ3) is 4.43. The van der Waals surface area contributed by atoms with Gasteiger partial charge in [0.05, 0.1) is 16.6 Å². The first-order valence-corrected chi connectivity index (χ1v) is 17.7. The summed E-state index contributed by atoms with van der Waals surface area (Å²) in [6, 6.07) is 57.3. The van der Waals surface area contributed by atoms with Crippen LogP contribution in [0.5, 0.6) is 0 Å². The van der Waals surface area contributed by atoms with E-state index in [9.17, 15) is 0 Å². The Kier molecular flexibility index (Phi) is 6.25. The van der Waals surface area contributed by atoms with Crippen molar-refractivity contribution < 1.29 is 0 Å². The van der Waals surface area contributed by atoms with E-state index in [1.165, 1.54) is 65.7 Å². The van der Waals surface area contributed by atoms with Crippen LogP contribution < -0.4 is 0 Å². The highest BCUT2D eigenvalue weighted by atomic mass is 14.7. The Morgan fingerprint density at radius 2 is 0.750 bits per heavy atom. The van der Waals surface area contributed by atoms with Gasteiger partial charge in [0.15, 0.2) is 0 Å². The Morgan fingerprint density at radius 1 is 0.269 bits per heavy atom. The number of fused-ring (bicyclic) bond motifs is 3. The maximum atomic E-state index is 4.69. The molecule has 3 heteroatoms. The van der Waals surface area contributed by atoms with E-state index in [0.29, 0.717) is 0 Å². The molecular weight excluding hydrogens is 631 g/mol. The lowest BCUT2D eigenvalue weighted by atomic mass is 9.85. The van der Waals surface area contributed by atoms with E-state index in [-0.39, 0.29) is 0 Å². The highest BCUT2D eigenvalue weighted by Gasteiger charge is 2.17. The van der Waals surface area contributed by atoms with Gasteiger partial charge >= 0.3 is 0 Å². The zero-order valence-electron chi connectivity index (χ0n) is 28.1. The lowest BCUT2D eigenvalue weighted by Crippen LogP contribution is -1.92. The van der Waals surface area contributed by atoms with Crippen molar-refractivity contribution in [3.63, 3.8) is 0 Å². The third-order valence-corrected chi connectivity index (χ3v) is 10.7. The van der Waals surface area contributed by atoms with Crippen molar-refractivity contribution in [2.24, 2.45) is 0 Å². The summed E-state index contributed by atoms with van der Waals surface area (Å²) in [6.07, 6.45) is 5.59. The molecule has 0 radical (unpaired) electrons. The van der Waals surface area contributed by atoms with E-state index in [1.807, 2.05) is 36.8 Å². The highest BCUT2D eigenvalue weighted by Crippen LogP contribution is 2.44. The second kappa shape index (κ2) is 11.3. The fourth-order valence-corrected chi connectivity index (χ4v) is 8.35. The number of hydrogen-bond acceptors (Lipinski definition) is 3.